The molecule has 1 aromatic carbocycles. The second kappa shape index (κ2) is 5.92. The monoisotopic (exact) mass is 296 g/mol. The maximum atomic E-state index is 6.14. The third kappa shape index (κ3) is 3.11. The van der Waals surface area contributed by atoms with Gasteiger partial charge in [0, 0.05) is 25.1 Å². The molecule has 2 N–H and O–H groups in total. The average molecular weight is 297 g/mol. The molecular weight excluding hydrogens is 272 g/mol. The van der Waals surface area contributed by atoms with E-state index in [0.717, 1.165) is 38.3 Å². The van der Waals surface area contributed by atoms with Crippen LogP contribution in [0, 0.1) is 5.92 Å². The number of hydrogen-bond acceptors (Lipinski definition) is 3. The molecule has 3 rings (SSSR count). The van der Waals surface area contributed by atoms with E-state index in [1.807, 2.05) is 0 Å². The SMILES string of the molecule is CC1(C)Cc2cccc(CN3CCC(CN)C3)c2O1.Cl. The predicted octanol–water partition coefficient (Wildman–Crippen LogP) is 2.60. The van der Waals surface area contributed by atoms with Crippen LogP contribution in [0.15, 0.2) is 18.2 Å². The highest BCUT2D eigenvalue weighted by Crippen LogP contribution is 2.38. The van der Waals surface area contributed by atoms with Crippen molar-refractivity contribution in [1.29, 1.82) is 0 Å². The fourth-order valence-electron chi connectivity index (χ4n) is 3.29. The first-order valence-electron chi connectivity index (χ1n) is 7.29. The number of ether oxygens (including phenoxy) is 1. The summed E-state index contributed by atoms with van der Waals surface area (Å²) in [6, 6.07) is 6.56. The van der Waals surface area contributed by atoms with Crippen LogP contribution in [-0.4, -0.2) is 30.1 Å². The normalized spacial score (nSPS) is 24.1. The number of fused-ring (bicyclic) bond motifs is 1. The van der Waals surface area contributed by atoms with Gasteiger partial charge in [0.1, 0.15) is 11.4 Å². The number of halogens is 1. The van der Waals surface area contributed by atoms with Crippen LogP contribution in [0.1, 0.15) is 31.4 Å². The molecular formula is C16H25ClN2O. The van der Waals surface area contributed by atoms with Crippen molar-refractivity contribution < 1.29 is 4.74 Å². The molecule has 2 aliphatic heterocycles. The zero-order valence-electron chi connectivity index (χ0n) is 12.4. The van der Waals surface area contributed by atoms with Crippen LogP contribution in [0.25, 0.3) is 0 Å². The van der Waals surface area contributed by atoms with Crippen molar-refractivity contribution in [2.24, 2.45) is 11.7 Å². The second-order valence-electron chi connectivity index (χ2n) is 6.57. The van der Waals surface area contributed by atoms with E-state index < -0.39 is 0 Å². The van der Waals surface area contributed by atoms with Gasteiger partial charge < -0.3 is 10.5 Å². The van der Waals surface area contributed by atoms with Gasteiger partial charge in [-0.15, -0.1) is 12.4 Å². The summed E-state index contributed by atoms with van der Waals surface area (Å²) in [4.78, 5) is 2.50. The molecule has 1 unspecified atom stereocenters. The lowest BCUT2D eigenvalue weighted by Crippen LogP contribution is -2.25. The van der Waals surface area contributed by atoms with E-state index in [2.05, 4.69) is 36.9 Å². The Morgan fingerprint density at radius 3 is 2.90 bits per heavy atom. The number of rotatable bonds is 3. The van der Waals surface area contributed by atoms with Crippen molar-refractivity contribution in [2.75, 3.05) is 19.6 Å². The van der Waals surface area contributed by atoms with Crippen molar-refractivity contribution in [1.82, 2.24) is 4.90 Å². The molecule has 0 radical (unpaired) electrons. The molecule has 0 spiro atoms. The molecule has 0 saturated carbocycles. The number of nitrogens with zero attached hydrogens (tertiary/aromatic N) is 1. The van der Waals surface area contributed by atoms with Crippen LogP contribution in [-0.2, 0) is 13.0 Å². The molecule has 1 atom stereocenters. The Kier molecular flexibility index (Phi) is 4.62. The number of nitrogens with two attached hydrogens (primary N) is 1. The number of benzene rings is 1. The molecule has 3 nitrogen and oxygen atoms in total. The van der Waals surface area contributed by atoms with Gasteiger partial charge in [-0.2, -0.15) is 0 Å². The van der Waals surface area contributed by atoms with E-state index in [0.29, 0.717) is 5.92 Å². The van der Waals surface area contributed by atoms with E-state index in [-0.39, 0.29) is 18.0 Å². The van der Waals surface area contributed by atoms with Gasteiger partial charge in [-0.05, 0) is 44.8 Å². The zero-order valence-corrected chi connectivity index (χ0v) is 13.2. The van der Waals surface area contributed by atoms with Crippen LogP contribution in [0.5, 0.6) is 5.75 Å². The van der Waals surface area contributed by atoms with Crippen LogP contribution in [0.2, 0.25) is 0 Å². The third-order valence-corrected chi connectivity index (χ3v) is 4.27. The van der Waals surface area contributed by atoms with E-state index in [9.17, 15) is 0 Å². The molecule has 2 heterocycles. The van der Waals surface area contributed by atoms with Crippen LogP contribution < -0.4 is 10.5 Å². The summed E-state index contributed by atoms with van der Waals surface area (Å²) < 4.78 is 6.14. The molecule has 112 valence electrons. The van der Waals surface area contributed by atoms with E-state index in [1.165, 1.54) is 17.5 Å². The highest BCUT2D eigenvalue weighted by Gasteiger charge is 2.32. The van der Waals surface area contributed by atoms with Crippen LogP contribution >= 0.6 is 12.4 Å². The Balaban J connectivity index is 0.00000147. The zero-order chi connectivity index (χ0) is 13.5. The van der Waals surface area contributed by atoms with Gasteiger partial charge >= 0.3 is 0 Å². The van der Waals surface area contributed by atoms with Crippen molar-refractivity contribution in [2.45, 2.75) is 38.8 Å². The molecule has 0 aromatic heterocycles. The van der Waals surface area contributed by atoms with Crippen molar-refractivity contribution in [3.63, 3.8) is 0 Å². The maximum absolute atomic E-state index is 6.14. The summed E-state index contributed by atoms with van der Waals surface area (Å²) in [6.45, 7) is 8.43. The molecule has 2 aliphatic rings. The molecule has 4 heteroatoms. The third-order valence-electron chi connectivity index (χ3n) is 4.27. The largest absolute Gasteiger partial charge is 0.487 e. The number of hydrogen-bond donors (Lipinski definition) is 1. The molecule has 1 aromatic rings. The fourth-order valence-corrected chi connectivity index (χ4v) is 3.29. The van der Waals surface area contributed by atoms with Gasteiger partial charge in [0.05, 0.1) is 0 Å². The minimum Gasteiger partial charge on any atom is -0.487 e. The summed E-state index contributed by atoms with van der Waals surface area (Å²) >= 11 is 0. The molecule has 0 aliphatic carbocycles. The van der Waals surface area contributed by atoms with Gasteiger partial charge in [-0.3, -0.25) is 4.90 Å². The Morgan fingerprint density at radius 1 is 1.40 bits per heavy atom. The second-order valence-corrected chi connectivity index (χ2v) is 6.57. The molecule has 1 fully saturated rings. The number of likely N-dealkylation sites (tertiary alicyclic amines) is 1. The smallest absolute Gasteiger partial charge is 0.127 e. The molecule has 0 bridgehead atoms. The van der Waals surface area contributed by atoms with Crippen molar-refractivity contribution in [3.8, 4) is 5.75 Å². The molecule has 1 saturated heterocycles. The quantitative estimate of drug-likeness (QED) is 0.932. The molecule has 0 amide bonds. The lowest BCUT2D eigenvalue weighted by molar-refractivity contribution is 0.136. The van der Waals surface area contributed by atoms with Crippen molar-refractivity contribution in [3.05, 3.63) is 29.3 Å². The minimum atomic E-state index is -0.0523. The van der Waals surface area contributed by atoms with Gasteiger partial charge in [0.15, 0.2) is 0 Å². The summed E-state index contributed by atoms with van der Waals surface area (Å²) in [5.74, 6) is 1.80. The summed E-state index contributed by atoms with van der Waals surface area (Å²) in [6.07, 6.45) is 2.25. The Bertz CT molecular complexity index is 476. The Hall–Kier alpha value is -0.770. The lowest BCUT2D eigenvalue weighted by atomic mass is 10.0. The minimum absolute atomic E-state index is 0. The average Bonchev–Trinajstić information content (AvgIpc) is 2.92. The van der Waals surface area contributed by atoms with E-state index >= 15 is 0 Å². The predicted molar refractivity (Wildman–Crippen MR) is 84.5 cm³/mol. The lowest BCUT2D eigenvalue weighted by Gasteiger charge is -2.20. The summed E-state index contributed by atoms with van der Waals surface area (Å²) in [5, 5.41) is 0. The van der Waals surface area contributed by atoms with Gasteiger partial charge in [-0.1, -0.05) is 18.2 Å². The van der Waals surface area contributed by atoms with E-state index in [4.69, 9.17) is 10.5 Å². The van der Waals surface area contributed by atoms with Gasteiger partial charge in [0.2, 0.25) is 0 Å². The summed E-state index contributed by atoms with van der Waals surface area (Å²) in [5.41, 5.74) is 8.40. The Morgan fingerprint density at radius 2 is 2.20 bits per heavy atom. The van der Waals surface area contributed by atoms with Gasteiger partial charge in [-0.25, -0.2) is 0 Å². The first-order valence-corrected chi connectivity index (χ1v) is 7.29. The number of para-hydroxylation sites is 1. The van der Waals surface area contributed by atoms with Gasteiger partial charge in [0.25, 0.3) is 0 Å². The first-order chi connectivity index (χ1) is 9.07. The fraction of sp³-hybridized carbons (Fsp3) is 0.625. The topological polar surface area (TPSA) is 38.5 Å². The van der Waals surface area contributed by atoms with E-state index in [1.54, 1.807) is 0 Å². The highest BCUT2D eigenvalue weighted by atomic mass is 35.5. The Labute approximate surface area is 127 Å². The highest BCUT2D eigenvalue weighted by molar-refractivity contribution is 5.85. The maximum Gasteiger partial charge on any atom is 0.127 e. The molecule has 20 heavy (non-hydrogen) atoms. The van der Waals surface area contributed by atoms with Crippen molar-refractivity contribution >= 4 is 12.4 Å². The van der Waals surface area contributed by atoms with Crippen LogP contribution in [0.3, 0.4) is 0 Å². The summed E-state index contributed by atoms with van der Waals surface area (Å²) in [7, 11) is 0. The standard InChI is InChI=1S/C16H24N2O.ClH/c1-16(2)8-13-4-3-5-14(15(13)19-16)11-18-7-6-12(9-17)10-18;/h3-5,12H,6-11,17H2,1-2H3;1H. The van der Waals surface area contributed by atoms with Crippen LogP contribution in [0.4, 0.5) is 0 Å². The first kappa shape index (κ1) is 15.6.